The molecule has 182 valence electrons. The van der Waals surface area contributed by atoms with Gasteiger partial charge >= 0.3 is 11.9 Å². The molecule has 0 spiro atoms. The molecule has 2 atom stereocenters. The smallest absolute Gasteiger partial charge is 0.377 e. The van der Waals surface area contributed by atoms with Gasteiger partial charge in [-0.3, -0.25) is 4.79 Å². The molecule has 0 aromatic heterocycles. The molecule has 1 aliphatic rings. The number of carbonyl (C=O) groups is 2. The van der Waals surface area contributed by atoms with Crippen molar-refractivity contribution in [3.63, 3.8) is 0 Å². The summed E-state index contributed by atoms with van der Waals surface area (Å²) in [5, 5.41) is 43.5. The van der Waals surface area contributed by atoms with Crippen LogP contribution in [-0.2, 0) is 14.3 Å². The molecule has 0 aliphatic carbocycles. The number of aliphatic carboxylic acids is 1. The van der Waals surface area contributed by atoms with Crippen LogP contribution in [0, 0.1) is 0 Å². The average molecular weight is 455 g/mol. The lowest BCUT2D eigenvalue weighted by Gasteiger charge is -2.13. The fourth-order valence-electron chi connectivity index (χ4n) is 2.65. The van der Waals surface area contributed by atoms with Crippen molar-refractivity contribution in [3.05, 3.63) is 48.0 Å². The third-order valence-electron chi connectivity index (χ3n) is 4.51. The molecule has 0 amide bonds. The molecule has 0 fully saturated rings. The zero-order chi connectivity index (χ0) is 24.2. The van der Waals surface area contributed by atoms with E-state index in [1.54, 1.807) is 0 Å². The molecule has 8 heteroatoms. The van der Waals surface area contributed by atoms with Gasteiger partial charge in [0, 0.05) is 6.42 Å². The Hall–Kier alpha value is -2.58. The van der Waals surface area contributed by atoms with Crippen LogP contribution in [0.3, 0.4) is 0 Å². The van der Waals surface area contributed by atoms with Gasteiger partial charge in [-0.05, 0) is 44.9 Å². The van der Waals surface area contributed by atoms with Crippen molar-refractivity contribution in [2.24, 2.45) is 0 Å². The van der Waals surface area contributed by atoms with E-state index in [-0.39, 0.29) is 0 Å². The van der Waals surface area contributed by atoms with Crippen LogP contribution < -0.4 is 0 Å². The standard InChI is InChI=1S/C18H30O2.C6H8O6/c1-2-3-4-5-6-7-8-9-10-11-12-13-14-15-16-17-18(19)20;7-1-2(8)5-3(9)4(10)6(11)12-5/h6-7,9-10,12-13H,2-5,8,11,14-17H2,1H3,(H,19,20);2,5,7-10H,1H2/b7-6-,10-9-,13-12-;/t;2-,5+/m.0/s1. The molecule has 1 heterocycles. The second-order valence-electron chi connectivity index (χ2n) is 7.33. The number of hydrogen-bond donors (Lipinski definition) is 5. The van der Waals surface area contributed by atoms with E-state index in [2.05, 4.69) is 48.1 Å². The van der Waals surface area contributed by atoms with Crippen molar-refractivity contribution >= 4 is 11.9 Å². The van der Waals surface area contributed by atoms with Crippen LogP contribution in [0.15, 0.2) is 48.0 Å². The predicted octanol–water partition coefficient (Wildman–Crippen LogP) is 4.25. The van der Waals surface area contributed by atoms with Crippen LogP contribution in [0.2, 0.25) is 0 Å². The number of esters is 1. The topological polar surface area (TPSA) is 145 Å². The molecule has 0 radical (unpaired) electrons. The highest BCUT2D eigenvalue weighted by molar-refractivity contribution is 5.89. The molecular weight excluding hydrogens is 416 g/mol. The molecule has 1 aliphatic heterocycles. The van der Waals surface area contributed by atoms with Crippen LogP contribution in [0.25, 0.3) is 0 Å². The second-order valence-corrected chi connectivity index (χ2v) is 7.33. The van der Waals surface area contributed by atoms with Gasteiger partial charge in [-0.2, -0.15) is 0 Å². The molecule has 0 unspecified atom stereocenters. The highest BCUT2D eigenvalue weighted by Gasteiger charge is 2.38. The highest BCUT2D eigenvalue weighted by atomic mass is 16.6. The van der Waals surface area contributed by atoms with E-state index in [0.717, 1.165) is 32.1 Å². The van der Waals surface area contributed by atoms with E-state index in [1.807, 2.05) is 0 Å². The Kier molecular flexibility index (Phi) is 17.6. The summed E-state index contributed by atoms with van der Waals surface area (Å²) in [5.74, 6) is -3.47. The van der Waals surface area contributed by atoms with Crippen molar-refractivity contribution in [1.29, 1.82) is 0 Å². The maximum absolute atomic E-state index is 10.5. The Morgan fingerprint density at radius 2 is 1.50 bits per heavy atom. The number of carboxylic acid groups (broad SMARTS) is 1. The number of carbonyl (C=O) groups excluding carboxylic acids is 1. The van der Waals surface area contributed by atoms with Crippen LogP contribution in [0.1, 0.15) is 71.1 Å². The molecule has 8 nitrogen and oxygen atoms in total. The molecule has 5 N–H and O–H groups in total. The molecule has 0 aromatic rings. The van der Waals surface area contributed by atoms with Gasteiger partial charge < -0.3 is 30.3 Å². The average Bonchev–Trinajstić information content (AvgIpc) is 3.03. The number of allylic oxidation sites excluding steroid dienone is 6. The molecule has 0 saturated carbocycles. The number of aliphatic hydroxyl groups is 4. The van der Waals surface area contributed by atoms with Crippen molar-refractivity contribution in [2.45, 2.75) is 83.3 Å². The Morgan fingerprint density at radius 3 is 1.94 bits per heavy atom. The van der Waals surface area contributed by atoms with Crippen molar-refractivity contribution in [1.82, 2.24) is 0 Å². The first kappa shape index (κ1) is 29.4. The van der Waals surface area contributed by atoms with E-state index in [1.165, 1.54) is 25.7 Å². The number of cyclic esters (lactones) is 1. The van der Waals surface area contributed by atoms with Gasteiger partial charge in [0.1, 0.15) is 6.10 Å². The Labute approximate surface area is 190 Å². The van der Waals surface area contributed by atoms with Crippen molar-refractivity contribution in [3.8, 4) is 0 Å². The normalized spacial score (nSPS) is 17.2. The zero-order valence-electron chi connectivity index (χ0n) is 18.9. The first-order chi connectivity index (χ1) is 15.3. The SMILES string of the molecule is CCCCC/C=C\C/C=C\C/C=C\CCCCC(=O)O.O=C1O[C@H]([C@@H](O)CO)C(O)=C1O. The van der Waals surface area contributed by atoms with E-state index < -0.39 is 42.3 Å². The monoisotopic (exact) mass is 454 g/mol. The van der Waals surface area contributed by atoms with E-state index in [4.69, 9.17) is 25.5 Å². The van der Waals surface area contributed by atoms with E-state index in [9.17, 15) is 9.59 Å². The second kappa shape index (κ2) is 19.1. The third-order valence-corrected chi connectivity index (χ3v) is 4.51. The number of aliphatic hydroxyl groups excluding tert-OH is 4. The fraction of sp³-hybridized carbons (Fsp3) is 0.583. The van der Waals surface area contributed by atoms with Crippen molar-refractivity contribution in [2.75, 3.05) is 6.61 Å². The highest BCUT2D eigenvalue weighted by Crippen LogP contribution is 2.20. The molecule has 0 saturated heterocycles. The fourth-order valence-corrected chi connectivity index (χ4v) is 2.65. The van der Waals surface area contributed by atoms with Gasteiger partial charge in [0.25, 0.3) is 0 Å². The van der Waals surface area contributed by atoms with Gasteiger partial charge in [0.2, 0.25) is 5.76 Å². The summed E-state index contributed by atoms with van der Waals surface area (Å²) >= 11 is 0. The third kappa shape index (κ3) is 14.4. The Balaban J connectivity index is 0.000000677. The van der Waals surface area contributed by atoms with Crippen LogP contribution in [-0.4, -0.2) is 56.3 Å². The summed E-state index contributed by atoms with van der Waals surface area (Å²) in [4.78, 5) is 20.8. The number of unbranched alkanes of at least 4 members (excludes halogenated alkanes) is 5. The maximum atomic E-state index is 10.5. The lowest BCUT2D eigenvalue weighted by molar-refractivity contribution is -0.147. The molecule has 1 rings (SSSR count). The van der Waals surface area contributed by atoms with E-state index >= 15 is 0 Å². The predicted molar refractivity (Wildman–Crippen MR) is 122 cm³/mol. The number of rotatable bonds is 15. The molecule has 0 bridgehead atoms. The van der Waals surface area contributed by atoms with Crippen molar-refractivity contribution < 1.29 is 39.9 Å². The van der Waals surface area contributed by atoms with Gasteiger partial charge in [0.05, 0.1) is 6.61 Å². The minimum Gasteiger partial charge on any atom is -0.505 e. The summed E-state index contributed by atoms with van der Waals surface area (Å²) in [6.07, 6.45) is 20.6. The quantitative estimate of drug-likeness (QED) is 0.140. The Bertz CT molecular complexity index is 648. The van der Waals surface area contributed by atoms with Gasteiger partial charge in [-0.1, -0.05) is 56.2 Å². The first-order valence-electron chi connectivity index (χ1n) is 11.1. The van der Waals surface area contributed by atoms with Gasteiger partial charge in [-0.15, -0.1) is 0 Å². The minimum absolute atomic E-state index is 0.290. The summed E-state index contributed by atoms with van der Waals surface area (Å²) in [6.45, 7) is 1.56. The Morgan fingerprint density at radius 1 is 0.969 bits per heavy atom. The molecular formula is C24H38O8. The minimum atomic E-state index is -1.42. The number of carboxylic acids is 1. The zero-order valence-corrected chi connectivity index (χ0v) is 18.9. The summed E-state index contributed by atoms with van der Waals surface area (Å²) in [5.41, 5.74) is 0. The maximum Gasteiger partial charge on any atom is 0.377 e. The first-order valence-corrected chi connectivity index (χ1v) is 11.1. The van der Waals surface area contributed by atoms with E-state index in [0.29, 0.717) is 6.42 Å². The van der Waals surface area contributed by atoms with Crippen LogP contribution in [0.5, 0.6) is 0 Å². The molecule has 0 aromatic carbocycles. The van der Waals surface area contributed by atoms with Gasteiger partial charge in [0.15, 0.2) is 11.9 Å². The lowest BCUT2D eigenvalue weighted by atomic mass is 10.2. The number of hydrogen-bond acceptors (Lipinski definition) is 7. The summed E-state index contributed by atoms with van der Waals surface area (Å²) in [7, 11) is 0. The number of ether oxygens (including phenoxy) is 1. The largest absolute Gasteiger partial charge is 0.505 e. The van der Waals surface area contributed by atoms with Crippen LogP contribution >= 0.6 is 0 Å². The van der Waals surface area contributed by atoms with Crippen LogP contribution in [0.4, 0.5) is 0 Å². The van der Waals surface area contributed by atoms with Gasteiger partial charge in [-0.25, -0.2) is 4.79 Å². The summed E-state index contributed by atoms with van der Waals surface area (Å²) in [6, 6.07) is 0. The lowest BCUT2D eigenvalue weighted by Crippen LogP contribution is -2.31. The molecule has 32 heavy (non-hydrogen) atoms. The summed E-state index contributed by atoms with van der Waals surface area (Å²) < 4.78 is 4.32.